The predicted octanol–water partition coefficient (Wildman–Crippen LogP) is 2.45. The van der Waals surface area contributed by atoms with E-state index in [2.05, 4.69) is 23.8 Å². The number of rotatable bonds is 9. The molecule has 0 heterocycles. The van der Waals surface area contributed by atoms with Gasteiger partial charge in [0.2, 0.25) is 10.0 Å². The van der Waals surface area contributed by atoms with E-state index in [-0.39, 0.29) is 17.3 Å². The summed E-state index contributed by atoms with van der Waals surface area (Å²) in [5.74, 6) is -0.161. The third-order valence-corrected chi connectivity index (χ3v) is 5.68. The minimum absolute atomic E-state index is 0.118. The van der Waals surface area contributed by atoms with Crippen molar-refractivity contribution in [2.45, 2.75) is 24.8 Å². The summed E-state index contributed by atoms with van der Waals surface area (Å²) in [7, 11) is -0.373. The van der Waals surface area contributed by atoms with E-state index < -0.39 is 10.0 Å². The third-order valence-electron chi connectivity index (χ3n) is 4.21. The molecule has 2 rings (SSSR count). The van der Waals surface area contributed by atoms with Gasteiger partial charge in [0, 0.05) is 32.8 Å². The first-order chi connectivity index (χ1) is 12.9. The number of carbonyl (C=O) groups is 1. The quantitative estimate of drug-likeness (QED) is 0.668. The van der Waals surface area contributed by atoms with Crippen LogP contribution in [0.4, 0.5) is 0 Å². The van der Waals surface area contributed by atoms with Crippen LogP contribution in [0.15, 0.2) is 53.4 Å². The molecule has 7 heteroatoms. The number of aryl methyl sites for hydroxylation is 1. The van der Waals surface area contributed by atoms with Crippen molar-refractivity contribution in [3.63, 3.8) is 0 Å². The number of amides is 1. The number of ether oxygens (including phenoxy) is 1. The van der Waals surface area contributed by atoms with Crippen LogP contribution in [0, 0.1) is 0 Å². The highest BCUT2D eigenvalue weighted by Crippen LogP contribution is 2.14. The van der Waals surface area contributed by atoms with Crippen LogP contribution in [0.5, 0.6) is 0 Å². The Labute approximate surface area is 161 Å². The van der Waals surface area contributed by atoms with E-state index in [1.165, 1.54) is 36.9 Å². The van der Waals surface area contributed by atoms with Gasteiger partial charge >= 0.3 is 0 Å². The molecular weight excluding hydrogens is 364 g/mol. The van der Waals surface area contributed by atoms with Gasteiger partial charge in [-0.3, -0.25) is 4.79 Å². The summed E-state index contributed by atoms with van der Waals surface area (Å²) in [6.45, 7) is 3.07. The molecule has 1 N–H and O–H groups in total. The minimum atomic E-state index is -3.61. The number of nitrogens with zero attached hydrogens (tertiary/aromatic N) is 1. The molecule has 0 spiro atoms. The Hall–Kier alpha value is -2.22. The highest BCUT2D eigenvalue weighted by Gasteiger charge is 2.16. The molecule has 0 aromatic heterocycles. The molecule has 6 nitrogen and oxygen atoms in total. The molecule has 27 heavy (non-hydrogen) atoms. The molecular formula is C20H26N2O4S. The molecule has 146 valence electrons. The van der Waals surface area contributed by atoms with E-state index in [1.54, 1.807) is 11.9 Å². The van der Waals surface area contributed by atoms with Crippen LogP contribution in [0.3, 0.4) is 0 Å². The average Bonchev–Trinajstić information content (AvgIpc) is 2.68. The molecule has 2 aromatic carbocycles. The lowest BCUT2D eigenvalue weighted by molar-refractivity contribution is 0.0785. The largest absolute Gasteiger partial charge is 0.383 e. The Balaban J connectivity index is 2.03. The van der Waals surface area contributed by atoms with E-state index in [9.17, 15) is 13.2 Å². The van der Waals surface area contributed by atoms with Crippen molar-refractivity contribution in [1.29, 1.82) is 0 Å². The SMILES string of the molecule is CCc1ccc(CN(C)C(=O)c2ccc(S(=O)(=O)NCCOC)cc2)cc1. The van der Waals surface area contributed by atoms with Crippen molar-refractivity contribution in [1.82, 2.24) is 9.62 Å². The molecule has 0 bridgehead atoms. The summed E-state index contributed by atoms with van der Waals surface area (Å²) in [5, 5.41) is 0. The number of methoxy groups -OCH3 is 1. The van der Waals surface area contributed by atoms with Gasteiger partial charge in [-0.15, -0.1) is 0 Å². The topological polar surface area (TPSA) is 75.7 Å². The lowest BCUT2D eigenvalue weighted by atomic mass is 10.1. The lowest BCUT2D eigenvalue weighted by Gasteiger charge is -2.18. The molecule has 0 fully saturated rings. The highest BCUT2D eigenvalue weighted by molar-refractivity contribution is 7.89. The first-order valence-electron chi connectivity index (χ1n) is 8.79. The van der Waals surface area contributed by atoms with Crippen LogP contribution >= 0.6 is 0 Å². The summed E-state index contributed by atoms with van der Waals surface area (Å²) in [6, 6.07) is 14.1. The first kappa shape index (κ1) is 21.1. The molecule has 0 aliphatic carbocycles. The Morgan fingerprint density at radius 3 is 2.19 bits per heavy atom. The van der Waals surface area contributed by atoms with Gasteiger partial charge in [-0.1, -0.05) is 31.2 Å². The van der Waals surface area contributed by atoms with Crippen molar-refractivity contribution >= 4 is 15.9 Å². The number of sulfonamides is 1. The Bertz CT molecular complexity index is 847. The van der Waals surface area contributed by atoms with Gasteiger partial charge in [-0.05, 0) is 41.8 Å². The molecule has 0 saturated heterocycles. The fourth-order valence-corrected chi connectivity index (χ4v) is 3.60. The van der Waals surface area contributed by atoms with E-state index in [1.807, 2.05) is 12.1 Å². The van der Waals surface area contributed by atoms with Gasteiger partial charge < -0.3 is 9.64 Å². The first-order valence-corrected chi connectivity index (χ1v) is 10.3. The monoisotopic (exact) mass is 390 g/mol. The molecule has 0 aliphatic heterocycles. The maximum absolute atomic E-state index is 12.6. The molecule has 0 radical (unpaired) electrons. The van der Waals surface area contributed by atoms with Crippen LogP contribution in [0.25, 0.3) is 0 Å². The smallest absolute Gasteiger partial charge is 0.253 e. The third kappa shape index (κ3) is 5.89. The zero-order valence-electron chi connectivity index (χ0n) is 15.9. The standard InChI is InChI=1S/C20H26N2O4S/c1-4-16-5-7-17(8-6-16)15-22(2)20(23)18-9-11-19(12-10-18)27(24,25)21-13-14-26-3/h5-12,21H,4,13-15H2,1-3H3. The maximum Gasteiger partial charge on any atom is 0.253 e. The van der Waals surface area contributed by atoms with Gasteiger partial charge in [0.15, 0.2) is 0 Å². The molecule has 2 aromatic rings. The van der Waals surface area contributed by atoms with E-state index in [4.69, 9.17) is 4.74 Å². The van der Waals surface area contributed by atoms with Gasteiger partial charge in [-0.25, -0.2) is 13.1 Å². The number of carbonyl (C=O) groups excluding carboxylic acids is 1. The summed E-state index contributed by atoms with van der Waals surface area (Å²) < 4.78 is 31.6. The van der Waals surface area contributed by atoms with E-state index in [0.29, 0.717) is 18.7 Å². The molecule has 0 saturated carbocycles. The van der Waals surface area contributed by atoms with Crippen molar-refractivity contribution in [2.24, 2.45) is 0 Å². The number of hydrogen-bond donors (Lipinski definition) is 1. The summed E-state index contributed by atoms with van der Waals surface area (Å²) >= 11 is 0. The second-order valence-electron chi connectivity index (χ2n) is 6.25. The minimum Gasteiger partial charge on any atom is -0.383 e. The van der Waals surface area contributed by atoms with Gasteiger partial charge in [0.25, 0.3) is 5.91 Å². The van der Waals surface area contributed by atoms with Gasteiger partial charge in [0.05, 0.1) is 11.5 Å². The zero-order valence-corrected chi connectivity index (χ0v) is 16.8. The summed E-state index contributed by atoms with van der Waals surface area (Å²) in [5.41, 5.74) is 2.74. The predicted molar refractivity (Wildman–Crippen MR) is 105 cm³/mol. The van der Waals surface area contributed by atoms with Crippen LogP contribution < -0.4 is 4.72 Å². The number of nitrogens with one attached hydrogen (secondary N) is 1. The van der Waals surface area contributed by atoms with Crippen LogP contribution in [-0.2, 0) is 27.7 Å². The lowest BCUT2D eigenvalue weighted by Crippen LogP contribution is -2.28. The van der Waals surface area contributed by atoms with Crippen molar-refractivity contribution in [2.75, 3.05) is 27.3 Å². The van der Waals surface area contributed by atoms with Crippen molar-refractivity contribution < 1.29 is 17.9 Å². The molecule has 0 unspecified atom stereocenters. The van der Waals surface area contributed by atoms with Crippen molar-refractivity contribution in [3.8, 4) is 0 Å². The fraction of sp³-hybridized carbons (Fsp3) is 0.350. The normalized spacial score (nSPS) is 11.4. The zero-order chi connectivity index (χ0) is 19.9. The number of benzene rings is 2. The summed E-state index contributed by atoms with van der Waals surface area (Å²) in [4.78, 5) is 14.3. The Kier molecular flexibility index (Phi) is 7.53. The summed E-state index contributed by atoms with van der Waals surface area (Å²) in [6.07, 6.45) is 0.977. The van der Waals surface area contributed by atoms with Gasteiger partial charge in [0.1, 0.15) is 0 Å². The van der Waals surface area contributed by atoms with Gasteiger partial charge in [-0.2, -0.15) is 0 Å². The second-order valence-corrected chi connectivity index (χ2v) is 8.01. The highest BCUT2D eigenvalue weighted by atomic mass is 32.2. The van der Waals surface area contributed by atoms with Crippen LogP contribution in [0.1, 0.15) is 28.4 Å². The number of hydrogen-bond acceptors (Lipinski definition) is 4. The molecule has 1 amide bonds. The maximum atomic E-state index is 12.6. The Morgan fingerprint density at radius 2 is 1.63 bits per heavy atom. The average molecular weight is 391 g/mol. The van der Waals surface area contributed by atoms with E-state index in [0.717, 1.165) is 12.0 Å². The molecule has 0 aliphatic rings. The molecule has 0 atom stereocenters. The second kappa shape index (κ2) is 9.64. The van der Waals surface area contributed by atoms with E-state index >= 15 is 0 Å². The van der Waals surface area contributed by atoms with Crippen LogP contribution in [-0.4, -0.2) is 46.5 Å². The van der Waals surface area contributed by atoms with Crippen LogP contribution in [0.2, 0.25) is 0 Å². The van der Waals surface area contributed by atoms with Crippen molar-refractivity contribution in [3.05, 3.63) is 65.2 Å². The fourth-order valence-electron chi connectivity index (χ4n) is 2.58. The Morgan fingerprint density at radius 1 is 1.04 bits per heavy atom.